The van der Waals surface area contributed by atoms with E-state index < -0.39 is 0 Å². The molecule has 1 aromatic carbocycles. The van der Waals surface area contributed by atoms with Crippen molar-refractivity contribution >= 4 is 10.9 Å². The van der Waals surface area contributed by atoms with Crippen molar-refractivity contribution in [2.45, 2.75) is 0 Å². The van der Waals surface area contributed by atoms with Crippen LogP contribution in [0.15, 0.2) is 30.5 Å². The van der Waals surface area contributed by atoms with E-state index in [4.69, 9.17) is 4.74 Å². The quantitative estimate of drug-likeness (QED) is 0.908. The van der Waals surface area contributed by atoms with E-state index in [-0.39, 0.29) is 0 Å². The predicted octanol–water partition coefficient (Wildman–Crippen LogP) is 1.79. The highest BCUT2D eigenvalue weighted by molar-refractivity contribution is 5.80. The standard InChI is InChI=1S/C15H21N3O/c1-17-6-8-18(9-7-17)10-11-19-14-2-3-15-13(12-14)4-5-16-15/h2-5,12,16H,6-11H2,1H3. The average molecular weight is 259 g/mol. The number of H-pyrrole nitrogens is 1. The van der Waals surface area contributed by atoms with Gasteiger partial charge >= 0.3 is 0 Å². The topological polar surface area (TPSA) is 31.5 Å². The molecular weight excluding hydrogens is 238 g/mol. The molecule has 0 radical (unpaired) electrons. The molecular formula is C15H21N3O. The Bertz CT molecular complexity index is 529. The molecule has 1 N–H and O–H groups in total. The minimum atomic E-state index is 0.764. The van der Waals surface area contributed by atoms with Crippen LogP contribution in [0.1, 0.15) is 0 Å². The summed E-state index contributed by atoms with van der Waals surface area (Å²) in [4.78, 5) is 8.03. The Kier molecular flexibility index (Phi) is 3.71. The van der Waals surface area contributed by atoms with E-state index in [1.807, 2.05) is 12.3 Å². The lowest BCUT2D eigenvalue weighted by Gasteiger charge is -2.32. The number of hydrogen-bond donors (Lipinski definition) is 1. The second-order valence-corrected chi connectivity index (χ2v) is 5.22. The van der Waals surface area contributed by atoms with Gasteiger partial charge in [0, 0.05) is 49.8 Å². The van der Waals surface area contributed by atoms with Gasteiger partial charge in [0.1, 0.15) is 12.4 Å². The summed E-state index contributed by atoms with van der Waals surface area (Å²) in [5.74, 6) is 0.959. The summed E-state index contributed by atoms with van der Waals surface area (Å²) < 4.78 is 5.84. The summed E-state index contributed by atoms with van der Waals surface area (Å²) in [7, 11) is 2.18. The third-order valence-corrected chi connectivity index (χ3v) is 3.80. The lowest BCUT2D eigenvalue weighted by molar-refractivity contribution is 0.134. The molecule has 0 amide bonds. The molecule has 2 heterocycles. The van der Waals surface area contributed by atoms with Crippen LogP contribution in [-0.4, -0.2) is 61.2 Å². The molecule has 0 aliphatic carbocycles. The molecule has 0 unspecified atom stereocenters. The molecule has 4 heteroatoms. The summed E-state index contributed by atoms with van der Waals surface area (Å²) in [6.07, 6.45) is 1.96. The lowest BCUT2D eigenvalue weighted by Crippen LogP contribution is -2.45. The fraction of sp³-hybridized carbons (Fsp3) is 0.467. The molecule has 102 valence electrons. The number of ether oxygens (including phenoxy) is 1. The third kappa shape index (κ3) is 3.08. The summed E-state index contributed by atoms with van der Waals surface area (Å²) in [5.41, 5.74) is 1.16. The Hall–Kier alpha value is -1.52. The zero-order valence-electron chi connectivity index (χ0n) is 11.4. The van der Waals surface area contributed by atoms with Crippen molar-refractivity contribution in [1.29, 1.82) is 0 Å². The minimum absolute atomic E-state index is 0.764. The van der Waals surface area contributed by atoms with Crippen molar-refractivity contribution in [2.75, 3.05) is 46.4 Å². The highest BCUT2D eigenvalue weighted by Crippen LogP contribution is 2.19. The Morgan fingerprint density at radius 3 is 2.84 bits per heavy atom. The van der Waals surface area contributed by atoms with Crippen molar-refractivity contribution in [2.24, 2.45) is 0 Å². The van der Waals surface area contributed by atoms with Crippen LogP contribution in [0, 0.1) is 0 Å². The number of piperazine rings is 1. The van der Waals surface area contributed by atoms with Crippen molar-refractivity contribution in [3.63, 3.8) is 0 Å². The first-order chi connectivity index (χ1) is 9.31. The van der Waals surface area contributed by atoms with E-state index in [2.05, 4.69) is 40.0 Å². The van der Waals surface area contributed by atoms with Crippen LogP contribution < -0.4 is 4.74 Å². The summed E-state index contributed by atoms with van der Waals surface area (Å²) in [5, 5.41) is 1.21. The first-order valence-corrected chi connectivity index (χ1v) is 6.92. The SMILES string of the molecule is CN1CCN(CCOc2ccc3[nH]ccc3c2)CC1. The van der Waals surface area contributed by atoms with Gasteiger partial charge in [-0.3, -0.25) is 4.90 Å². The van der Waals surface area contributed by atoms with Crippen molar-refractivity contribution in [3.8, 4) is 5.75 Å². The van der Waals surface area contributed by atoms with Gasteiger partial charge in [-0.25, -0.2) is 0 Å². The summed E-state index contributed by atoms with van der Waals surface area (Å²) >= 11 is 0. The molecule has 1 aromatic heterocycles. The van der Waals surface area contributed by atoms with Gasteiger partial charge in [-0.1, -0.05) is 0 Å². The van der Waals surface area contributed by atoms with Crippen LogP contribution in [0.5, 0.6) is 5.75 Å². The molecule has 19 heavy (non-hydrogen) atoms. The number of benzene rings is 1. The zero-order valence-corrected chi connectivity index (χ0v) is 11.4. The maximum absolute atomic E-state index is 5.84. The second kappa shape index (κ2) is 5.63. The van der Waals surface area contributed by atoms with E-state index in [0.29, 0.717) is 0 Å². The van der Waals surface area contributed by atoms with Gasteiger partial charge < -0.3 is 14.6 Å². The number of nitrogens with one attached hydrogen (secondary N) is 1. The van der Waals surface area contributed by atoms with Gasteiger partial charge in [-0.15, -0.1) is 0 Å². The Morgan fingerprint density at radius 1 is 1.16 bits per heavy atom. The predicted molar refractivity (Wildman–Crippen MR) is 77.7 cm³/mol. The lowest BCUT2D eigenvalue weighted by atomic mass is 10.2. The van der Waals surface area contributed by atoms with Gasteiger partial charge in [0.25, 0.3) is 0 Å². The number of aromatic amines is 1. The first-order valence-electron chi connectivity index (χ1n) is 6.92. The molecule has 0 saturated carbocycles. The van der Waals surface area contributed by atoms with Crippen molar-refractivity contribution in [3.05, 3.63) is 30.5 Å². The van der Waals surface area contributed by atoms with Gasteiger partial charge in [0.05, 0.1) is 0 Å². The fourth-order valence-electron chi connectivity index (χ4n) is 2.49. The van der Waals surface area contributed by atoms with Gasteiger partial charge in [-0.2, -0.15) is 0 Å². The summed E-state index contributed by atoms with van der Waals surface area (Å²) in [6.45, 7) is 6.40. The van der Waals surface area contributed by atoms with Crippen LogP contribution in [0.2, 0.25) is 0 Å². The summed E-state index contributed by atoms with van der Waals surface area (Å²) in [6, 6.07) is 8.27. The number of nitrogens with zero attached hydrogens (tertiary/aromatic N) is 2. The van der Waals surface area contributed by atoms with Gasteiger partial charge in [0.15, 0.2) is 0 Å². The fourth-order valence-corrected chi connectivity index (χ4v) is 2.49. The number of fused-ring (bicyclic) bond motifs is 1. The minimum Gasteiger partial charge on any atom is -0.492 e. The molecule has 2 aromatic rings. The Labute approximate surface area is 114 Å². The van der Waals surface area contributed by atoms with Crippen LogP contribution in [0.25, 0.3) is 10.9 Å². The van der Waals surface area contributed by atoms with Gasteiger partial charge in [0.2, 0.25) is 0 Å². The van der Waals surface area contributed by atoms with Crippen molar-refractivity contribution in [1.82, 2.24) is 14.8 Å². The zero-order chi connectivity index (χ0) is 13.1. The second-order valence-electron chi connectivity index (χ2n) is 5.22. The van der Waals surface area contributed by atoms with E-state index in [0.717, 1.165) is 50.6 Å². The van der Waals surface area contributed by atoms with Gasteiger partial charge in [-0.05, 0) is 31.3 Å². The monoisotopic (exact) mass is 259 g/mol. The number of likely N-dealkylation sites (N-methyl/N-ethyl adjacent to an activating group) is 1. The molecule has 1 aliphatic heterocycles. The molecule has 1 fully saturated rings. The van der Waals surface area contributed by atoms with E-state index in [1.54, 1.807) is 0 Å². The molecule has 0 bridgehead atoms. The van der Waals surface area contributed by atoms with Crippen LogP contribution in [0.3, 0.4) is 0 Å². The van der Waals surface area contributed by atoms with Crippen LogP contribution in [-0.2, 0) is 0 Å². The number of hydrogen-bond acceptors (Lipinski definition) is 3. The molecule has 3 rings (SSSR count). The van der Waals surface area contributed by atoms with E-state index in [1.165, 1.54) is 5.39 Å². The number of rotatable bonds is 4. The molecule has 1 saturated heterocycles. The highest BCUT2D eigenvalue weighted by atomic mass is 16.5. The van der Waals surface area contributed by atoms with Crippen LogP contribution >= 0.6 is 0 Å². The first kappa shape index (κ1) is 12.5. The largest absolute Gasteiger partial charge is 0.492 e. The maximum atomic E-state index is 5.84. The maximum Gasteiger partial charge on any atom is 0.120 e. The molecule has 1 aliphatic rings. The Balaban J connectivity index is 1.49. The molecule has 4 nitrogen and oxygen atoms in total. The highest BCUT2D eigenvalue weighted by Gasteiger charge is 2.13. The van der Waals surface area contributed by atoms with E-state index in [9.17, 15) is 0 Å². The average Bonchev–Trinajstić information content (AvgIpc) is 2.88. The van der Waals surface area contributed by atoms with Crippen molar-refractivity contribution < 1.29 is 4.74 Å². The Morgan fingerprint density at radius 2 is 2.00 bits per heavy atom. The molecule has 0 spiro atoms. The third-order valence-electron chi connectivity index (χ3n) is 3.80. The van der Waals surface area contributed by atoms with E-state index >= 15 is 0 Å². The normalized spacial score (nSPS) is 17.9. The number of aromatic nitrogens is 1. The molecule has 0 atom stereocenters. The smallest absolute Gasteiger partial charge is 0.120 e. The van der Waals surface area contributed by atoms with Crippen LogP contribution in [0.4, 0.5) is 0 Å².